The molecule has 1 heterocycles. The van der Waals surface area contributed by atoms with Gasteiger partial charge in [0.15, 0.2) is 0 Å². The predicted molar refractivity (Wildman–Crippen MR) is 87.8 cm³/mol. The minimum absolute atomic E-state index is 0.0321. The van der Waals surface area contributed by atoms with E-state index in [9.17, 15) is 0 Å². The van der Waals surface area contributed by atoms with E-state index in [-0.39, 0.29) is 5.60 Å². The Kier molecular flexibility index (Phi) is 4.54. The fourth-order valence-electron chi connectivity index (χ4n) is 3.82. The van der Waals surface area contributed by atoms with Crippen molar-refractivity contribution in [2.24, 2.45) is 5.92 Å². The zero-order valence-electron chi connectivity index (χ0n) is 13.6. The van der Waals surface area contributed by atoms with E-state index in [4.69, 9.17) is 4.74 Å². The van der Waals surface area contributed by atoms with Gasteiger partial charge in [-0.3, -0.25) is 0 Å². The second-order valence-electron chi connectivity index (χ2n) is 7.45. The first-order chi connectivity index (χ1) is 10.1. The fourth-order valence-corrected chi connectivity index (χ4v) is 3.82. The van der Waals surface area contributed by atoms with Gasteiger partial charge in [0.1, 0.15) is 11.4 Å². The quantitative estimate of drug-likeness (QED) is 0.780. The lowest BCUT2D eigenvalue weighted by molar-refractivity contribution is 0.138. The first-order valence-corrected chi connectivity index (χ1v) is 8.64. The van der Waals surface area contributed by atoms with Gasteiger partial charge in [0, 0.05) is 13.0 Å². The molecule has 1 aliphatic carbocycles. The number of nitrogens with one attached hydrogen (secondary N) is 1. The molecule has 3 rings (SSSR count). The molecule has 0 bridgehead atoms. The van der Waals surface area contributed by atoms with Crippen molar-refractivity contribution in [3.8, 4) is 5.75 Å². The summed E-state index contributed by atoms with van der Waals surface area (Å²) in [5.41, 5.74) is 2.72. The molecular formula is C19H29NO. The second-order valence-corrected chi connectivity index (χ2v) is 7.45. The minimum Gasteiger partial charge on any atom is -0.487 e. The van der Waals surface area contributed by atoms with Crippen molar-refractivity contribution in [2.45, 2.75) is 70.9 Å². The third kappa shape index (κ3) is 4.00. The lowest BCUT2D eigenvalue weighted by Crippen LogP contribution is -2.24. The predicted octanol–water partition coefficient (Wildman–Crippen LogP) is 4.46. The van der Waals surface area contributed by atoms with Crippen LogP contribution in [0.2, 0.25) is 0 Å². The fraction of sp³-hybridized carbons (Fsp3) is 0.684. The van der Waals surface area contributed by atoms with Crippen LogP contribution in [-0.2, 0) is 13.0 Å². The van der Waals surface area contributed by atoms with Gasteiger partial charge >= 0.3 is 0 Å². The van der Waals surface area contributed by atoms with Crippen LogP contribution in [0.25, 0.3) is 0 Å². The summed E-state index contributed by atoms with van der Waals surface area (Å²) in [7, 11) is 0. The Morgan fingerprint density at radius 3 is 2.86 bits per heavy atom. The van der Waals surface area contributed by atoms with E-state index in [0.29, 0.717) is 0 Å². The van der Waals surface area contributed by atoms with Gasteiger partial charge in [-0.15, -0.1) is 0 Å². The molecule has 1 aliphatic heterocycles. The molecule has 0 amide bonds. The molecule has 2 heteroatoms. The van der Waals surface area contributed by atoms with Crippen LogP contribution >= 0.6 is 0 Å². The normalized spacial score (nSPS) is 20.5. The van der Waals surface area contributed by atoms with E-state index >= 15 is 0 Å². The molecule has 1 N–H and O–H groups in total. The summed E-state index contributed by atoms with van der Waals surface area (Å²) in [6.45, 7) is 6.45. The molecule has 0 radical (unpaired) electrons. The summed E-state index contributed by atoms with van der Waals surface area (Å²) >= 11 is 0. The third-order valence-electron chi connectivity index (χ3n) is 4.90. The number of ether oxygens (including phenoxy) is 1. The van der Waals surface area contributed by atoms with Gasteiger partial charge in [-0.2, -0.15) is 0 Å². The highest BCUT2D eigenvalue weighted by Crippen LogP contribution is 2.35. The van der Waals surface area contributed by atoms with Crippen molar-refractivity contribution in [1.82, 2.24) is 5.32 Å². The summed E-state index contributed by atoms with van der Waals surface area (Å²) in [6, 6.07) is 6.65. The summed E-state index contributed by atoms with van der Waals surface area (Å²) in [5.74, 6) is 2.09. The van der Waals surface area contributed by atoms with Crippen molar-refractivity contribution >= 4 is 0 Å². The van der Waals surface area contributed by atoms with E-state index in [1.807, 2.05) is 0 Å². The van der Waals surface area contributed by atoms with E-state index in [1.165, 1.54) is 49.7 Å². The van der Waals surface area contributed by atoms with Crippen LogP contribution in [0.15, 0.2) is 18.2 Å². The van der Waals surface area contributed by atoms with Gasteiger partial charge < -0.3 is 10.1 Å². The lowest BCUT2D eigenvalue weighted by atomic mass is 10.00. The number of fused-ring (bicyclic) bond motifs is 1. The van der Waals surface area contributed by atoms with Crippen molar-refractivity contribution in [3.05, 3.63) is 29.3 Å². The first-order valence-electron chi connectivity index (χ1n) is 8.64. The van der Waals surface area contributed by atoms with Crippen LogP contribution in [0.1, 0.15) is 63.5 Å². The molecule has 1 saturated carbocycles. The Balaban J connectivity index is 1.40. The smallest absolute Gasteiger partial charge is 0.123 e. The van der Waals surface area contributed by atoms with E-state index < -0.39 is 0 Å². The molecule has 0 atom stereocenters. The molecule has 0 saturated heterocycles. The molecule has 116 valence electrons. The molecule has 2 aliphatic rings. The third-order valence-corrected chi connectivity index (χ3v) is 4.90. The molecule has 2 nitrogen and oxygen atoms in total. The number of hydrogen-bond donors (Lipinski definition) is 1. The molecule has 1 aromatic rings. The van der Waals surface area contributed by atoms with Crippen LogP contribution in [0.3, 0.4) is 0 Å². The largest absolute Gasteiger partial charge is 0.487 e. The standard InChI is InChI=1S/C19H29NO/c1-19(2)13-17-12-16(9-10-18(17)21-19)14-20-11-5-8-15-6-3-4-7-15/h9-10,12,15,20H,3-8,11,13-14H2,1-2H3. The van der Waals surface area contributed by atoms with Crippen molar-refractivity contribution in [1.29, 1.82) is 0 Å². The Morgan fingerprint density at radius 1 is 1.24 bits per heavy atom. The summed E-state index contributed by atoms with van der Waals surface area (Å²) in [4.78, 5) is 0. The monoisotopic (exact) mass is 287 g/mol. The SMILES string of the molecule is CC1(C)Cc2cc(CNCCCC3CCCC3)ccc2O1. The molecular weight excluding hydrogens is 258 g/mol. The van der Waals surface area contributed by atoms with Gasteiger partial charge in [0.2, 0.25) is 0 Å². The summed E-state index contributed by atoms with van der Waals surface area (Å²) in [6.07, 6.45) is 9.64. The maximum Gasteiger partial charge on any atom is 0.123 e. The average Bonchev–Trinajstić information content (AvgIpc) is 3.03. The maximum absolute atomic E-state index is 5.93. The highest BCUT2D eigenvalue weighted by molar-refractivity contribution is 5.41. The number of hydrogen-bond acceptors (Lipinski definition) is 2. The Bertz CT molecular complexity index is 474. The molecule has 1 fully saturated rings. The molecule has 21 heavy (non-hydrogen) atoms. The van der Waals surface area contributed by atoms with E-state index in [2.05, 4.69) is 37.4 Å². The Hall–Kier alpha value is -1.02. The van der Waals surface area contributed by atoms with Gasteiger partial charge in [0.25, 0.3) is 0 Å². The number of rotatable bonds is 6. The first kappa shape index (κ1) is 14.9. The second kappa shape index (κ2) is 6.39. The van der Waals surface area contributed by atoms with Gasteiger partial charge in [-0.25, -0.2) is 0 Å². The zero-order chi connectivity index (χ0) is 14.7. The molecule has 0 spiro atoms. The van der Waals surface area contributed by atoms with Gasteiger partial charge in [0.05, 0.1) is 0 Å². The van der Waals surface area contributed by atoms with Gasteiger partial charge in [-0.1, -0.05) is 37.8 Å². The van der Waals surface area contributed by atoms with Crippen molar-refractivity contribution in [2.75, 3.05) is 6.54 Å². The average molecular weight is 287 g/mol. The maximum atomic E-state index is 5.93. The van der Waals surface area contributed by atoms with E-state index in [1.54, 1.807) is 0 Å². The van der Waals surface area contributed by atoms with E-state index in [0.717, 1.165) is 31.2 Å². The summed E-state index contributed by atoms with van der Waals surface area (Å²) < 4.78 is 5.93. The van der Waals surface area contributed by atoms with Crippen LogP contribution in [0.5, 0.6) is 5.75 Å². The van der Waals surface area contributed by atoms with Crippen LogP contribution in [-0.4, -0.2) is 12.1 Å². The topological polar surface area (TPSA) is 21.3 Å². The van der Waals surface area contributed by atoms with Crippen molar-refractivity contribution in [3.63, 3.8) is 0 Å². The van der Waals surface area contributed by atoms with Gasteiger partial charge in [-0.05, 0) is 56.3 Å². The van der Waals surface area contributed by atoms with Crippen LogP contribution in [0.4, 0.5) is 0 Å². The Labute approximate surface area is 129 Å². The highest BCUT2D eigenvalue weighted by Gasteiger charge is 2.29. The number of benzene rings is 1. The molecule has 0 unspecified atom stereocenters. The van der Waals surface area contributed by atoms with Crippen LogP contribution in [0, 0.1) is 5.92 Å². The zero-order valence-corrected chi connectivity index (χ0v) is 13.6. The minimum atomic E-state index is -0.0321. The van der Waals surface area contributed by atoms with Crippen molar-refractivity contribution < 1.29 is 4.74 Å². The lowest BCUT2D eigenvalue weighted by Gasteiger charge is -2.16. The highest BCUT2D eigenvalue weighted by atomic mass is 16.5. The molecule has 0 aromatic heterocycles. The molecule has 1 aromatic carbocycles. The van der Waals surface area contributed by atoms with Crippen LogP contribution < -0.4 is 10.1 Å². The summed E-state index contributed by atoms with van der Waals surface area (Å²) in [5, 5.41) is 3.60. The Morgan fingerprint density at radius 2 is 2.05 bits per heavy atom.